The van der Waals surface area contributed by atoms with E-state index in [-0.39, 0.29) is 0 Å². The smallest absolute Gasteiger partial charge is 0.0512 e. The summed E-state index contributed by atoms with van der Waals surface area (Å²) in [5.41, 5.74) is 4.09. The van der Waals surface area contributed by atoms with Gasteiger partial charge in [0.05, 0.1) is 6.04 Å². The Morgan fingerprint density at radius 3 is 1.96 bits per heavy atom. The Balaban J connectivity index is -0.000000585. The van der Waals surface area contributed by atoms with Gasteiger partial charge in [-0.25, -0.2) is 0 Å². The third kappa shape index (κ3) is 11.9. The quantitative estimate of drug-likeness (QED) is 0.536. The number of rotatable bonds is 4. The number of nitrogens with one attached hydrogen (secondary N) is 1. The van der Waals surface area contributed by atoms with Gasteiger partial charge in [0.15, 0.2) is 0 Å². The first-order chi connectivity index (χ1) is 12.8. The summed E-state index contributed by atoms with van der Waals surface area (Å²) in [5.74, 6) is 0. The minimum absolute atomic E-state index is 0.358. The van der Waals surface area contributed by atoms with E-state index in [2.05, 4.69) is 73.8 Å². The molecule has 0 bridgehead atoms. The molecule has 0 unspecified atom stereocenters. The van der Waals surface area contributed by atoms with Gasteiger partial charge in [-0.15, -0.1) is 0 Å². The van der Waals surface area contributed by atoms with Gasteiger partial charge in [-0.05, 0) is 30.1 Å². The van der Waals surface area contributed by atoms with Crippen molar-refractivity contribution in [1.29, 1.82) is 0 Å². The Bertz CT molecular complexity index is 466. The van der Waals surface area contributed by atoms with Crippen LogP contribution in [0.25, 0.3) is 5.57 Å². The molecule has 1 N–H and O–H groups in total. The van der Waals surface area contributed by atoms with Crippen molar-refractivity contribution in [3.63, 3.8) is 0 Å². The molecule has 0 saturated carbocycles. The number of benzene rings is 1. The fraction of sp³-hybridized carbons (Fsp3) is 0.520. The molecule has 150 valence electrons. The molecule has 2 rings (SSSR count). The molecule has 1 nitrogen and oxygen atoms in total. The van der Waals surface area contributed by atoms with Gasteiger partial charge in [-0.3, -0.25) is 0 Å². The standard InChI is InChI=1S/C17H21N.4C2H6/c1-3-8-15(9-4-2)17-12-16(13-18-17)14-10-6-5-7-11-14;4*1-2/h3,5-12,17-18H,4,13H2,1-2H3;4*1-2H3/b8-3-,15-9+;;;;/t17-;;;;/m0..../s1. The second kappa shape index (κ2) is 23.4. The van der Waals surface area contributed by atoms with Crippen LogP contribution in [0.4, 0.5) is 0 Å². The maximum absolute atomic E-state index is 3.56. The topological polar surface area (TPSA) is 12.0 Å². The molecule has 1 aromatic carbocycles. The SMILES string of the molecule is C/C=C\C(=C/CC)[C@@H]1C=C(c2ccccc2)CN1.CC.CC.CC.CC. The molecule has 0 saturated heterocycles. The minimum atomic E-state index is 0.358. The van der Waals surface area contributed by atoms with Crippen molar-refractivity contribution < 1.29 is 0 Å². The summed E-state index contributed by atoms with van der Waals surface area (Å²) in [6, 6.07) is 11.0. The fourth-order valence-corrected chi connectivity index (χ4v) is 2.33. The van der Waals surface area contributed by atoms with E-state index in [0.717, 1.165) is 13.0 Å². The van der Waals surface area contributed by atoms with Crippen LogP contribution in [0, 0.1) is 0 Å². The molecule has 1 aliphatic rings. The third-order valence-corrected chi connectivity index (χ3v) is 3.18. The molecular formula is C25H45N. The number of hydrogen-bond donors (Lipinski definition) is 1. The maximum atomic E-state index is 3.56. The maximum Gasteiger partial charge on any atom is 0.0512 e. The summed E-state index contributed by atoms with van der Waals surface area (Å²) in [6.07, 6.45) is 10.0. The van der Waals surface area contributed by atoms with E-state index in [4.69, 9.17) is 0 Å². The molecule has 1 atom stereocenters. The number of hydrogen-bond acceptors (Lipinski definition) is 1. The highest BCUT2D eigenvalue weighted by Crippen LogP contribution is 2.22. The van der Waals surface area contributed by atoms with Gasteiger partial charge in [0, 0.05) is 6.54 Å². The van der Waals surface area contributed by atoms with Crippen LogP contribution in [0.3, 0.4) is 0 Å². The molecule has 1 aromatic rings. The molecule has 1 aliphatic heterocycles. The van der Waals surface area contributed by atoms with E-state index in [9.17, 15) is 0 Å². The normalized spacial score (nSPS) is 15.1. The summed E-state index contributed by atoms with van der Waals surface area (Å²) in [7, 11) is 0. The van der Waals surface area contributed by atoms with E-state index >= 15 is 0 Å². The zero-order valence-electron chi connectivity index (χ0n) is 19.2. The molecule has 0 spiro atoms. The second-order valence-electron chi connectivity index (χ2n) is 4.53. The largest absolute Gasteiger partial charge is 0.303 e. The summed E-state index contributed by atoms with van der Waals surface area (Å²) in [5, 5.41) is 3.56. The Morgan fingerprint density at radius 1 is 0.962 bits per heavy atom. The predicted molar refractivity (Wildman–Crippen MR) is 125 cm³/mol. The third-order valence-electron chi connectivity index (χ3n) is 3.18. The molecule has 0 aromatic heterocycles. The lowest BCUT2D eigenvalue weighted by molar-refractivity contribution is 0.758. The first-order valence-electron chi connectivity index (χ1n) is 10.7. The summed E-state index contributed by atoms with van der Waals surface area (Å²) < 4.78 is 0. The van der Waals surface area contributed by atoms with Crippen LogP contribution in [-0.2, 0) is 0 Å². The van der Waals surface area contributed by atoms with E-state index in [1.165, 1.54) is 16.7 Å². The van der Waals surface area contributed by atoms with Crippen LogP contribution < -0.4 is 5.32 Å². The van der Waals surface area contributed by atoms with E-state index in [1.54, 1.807) is 0 Å². The van der Waals surface area contributed by atoms with Gasteiger partial charge < -0.3 is 5.32 Å². The second-order valence-corrected chi connectivity index (χ2v) is 4.53. The molecule has 26 heavy (non-hydrogen) atoms. The zero-order chi connectivity index (χ0) is 20.8. The predicted octanol–water partition coefficient (Wildman–Crippen LogP) is 8.06. The van der Waals surface area contributed by atoms with Crippen LogP contribution in [0.5, 0.6) is 0 Å². The molecule has 0 radical (unpaired) electrons. The lowest BCUT2D eigenvalue weighted by Gasteiger charge is -2.09. The van der Waals surface area contributed by atoms with Crippen molar-refractivity contribution in [1.82, 2.24) is 5.32 Å². The van der Waals surface area contributed by atoms with Crippen molar-refractivity contribution in [2.24, 2.45) is 0 Å². The Hall–Kier alpha value is -1.60. The van der Waals surface area contributed by atoms with Crippen LogP contribution in [0.2, 0.25) is 0 Å². The lowest BCUT2D eigenvalue weighted by Crippen LogP contribution is -2.23. The Morgan fingerprint density at radius 2 is 1.50 bits per heavy atom. The highest BCUT2D eigenvalue weighted by molar-refractivity contribution is 5.70. The van der Waals surface area contributed by atoms with Crippen molar-refractivity contribution in [2.45, 2.75) is 81.7 Å². The molecule has 0 amide bonds. The summed E-state index contributed by atoms with van der Waals surface area (Å²) in [6.45, 7) is 21.2. The van der Waals surface area contributed by atoms with Crippen LogP contribution in [0.15, 0.2) is 60.2 Å². The van der Waals surface area contributed by atoms with Crippen molar-refractivity contribution >= 4 is 5.57 Å². The summed E-state index contributed by atoms with van der Waals surface area (Å²) in [4.78, 5) is 0. The van der Waals surface area contributed by atoms with Gasteiger partial charge in [0.2, 0.25) is 0 Å². The van der Waals surface area contributed by atoms with Crippen molar-refractivity contribution in [2.75, 3.05) is 6.54 Å². The molecule has 0 aliphatic carbocycles. The van der Waals surface area contributed by atoms with Gasteiger partial charge in [-0.2, -0.15) is 0 Å². The fourth-order valence-electron chi connectivity index (χ4n) is 2.33. The Labute approximate surface area is 165 Å². The average Bonchev–Trinajstić information content (AvgIpc) is 3.25. The zero-order valence-corrected chi connectivity index (χ0v) is 19.2. The Kier molecular flexibility index (Phi) is 26.3. The van der Waals surface area contributed by atoms with Crippen molar-refractivity contribution in [3.05, 3.63) is 65.8 Å². The van der Waals surface area contributed by atoms with Gasteiger partial charge in [0.25, 0.3) is 0 Å². The van der Waals surface area contributed by atoms with Crippen LogP contribution in [0.1, 0.15) is 81.2 Å². The van der Waals surface area contributed by atoms with Gasteiger partial charge in [0.1, 0.15) is 0 Å². The monoisotopic (exact) mass is 359 g/mol. The van der Waals surface area contributed by atoms with Gasteiger partial charge in [-0.1, -0.05) is 117 Å². The van der Waals surface area contributed by atoms with E-state index in [0.29, 0.717) is 6.04 Å². The van der Waals surface area contributed by atoms with E-state index < -0.39 is 0 Å². The van der Waals surface area contributed by atoms with Crippen LogP contribution >= 0.6 is 0 Å². The molecule has 1 heteroatoms. The highest BCUT2D eigenvalue weighted by Gasteiger charge is 2.17. The highest BCUT2D eigenvalue weighted by atomic mass is 14.9. The van der Waals surface area contributed by atoms with Gasteiger partial charge >= 0.3 is 0 Å². The minimum Gasteiger partial charge on any atom is -0.303 e. The summed E-state index contributed by atoms with van der Waals surface area (Å²) >= 11 is 0. The van der Waals surface area contributed by atoms with Crippen LogP contribution in [-0.4, -0.2) is 12.6 Å². The molecular weight excluding hydrogens is 314 g/mol. The van der Waals surface area contributed by atoms with Crippen molar-refractivity contribution in [3.8, 4) is 0 Å². The first kappa shape index (κ1) is 29.2. The number of allylic oxidation sites excluding steroid dienone is 2. The molecule has 1 heterocycles. The average molecular weight is 360 g/mol. The van der Waals surface area contributed by atoms with E-state index in [1.807, 2.05) is 55.4 Å². The lowest BCUT2D eigenvalue weighted by atomic mass is 10.0. The first-order valence-corrected chi connectivity index (χ1v) is 10.7. The molecule has 0 fully saturated rings.